The van der Waals surface area contributed by atoms with Crippen molar-refractivity contribution >= 4 is 17.8 Å². The highest BCUT2D eigenvalue weighted by molar-refractivity contribution is 5.98. The van der Waals surface area contributed by atoms with E-state index in [1.807, 2.05) is 78.9 Å². The number of nitrogens with one attached hydrogen (secondary N) is 1. The quantitative estimate of drug-likeness (QED) is 0.310. The first-order valence-corrected chi connectivity index (χ1v) is 15.0. The van der Waals surface area contributed by atoms with Gasteiger partial charge in [-0.3, -0.25) is 9.59 Å². The molecule has 2 aliphatic rings. The van der Waals surface area contributed by atoms with Crippen molar-refractivity contribution in [1.82, 2.24) is 5.32 Å². The SMILES string of the molecule is NC1(C(=O)OCc2ccccc2)CCCCC1.O=C(NC1(C(=O)OCc2ccccc2)CCCCC1)c1ccccc1. The van der Waals surface area contributed by atoms with Gasteiger partial charge in [0, 0.05) is 5.56 Å². The molecule has 0 aliphatic heterocycles. The zero-order valence-electron chi connectivity index (χ0n) is 24.3. The van der Waals surface area contributed by atoms with E-state index < -0.39 is 11.1 Å². The second-order valence-corrected chi connectivity index (χ2v) is 11.3. The molecular weight excluding hydrogens is 528 g/mol. The number of ether oxygens (including phenoxy) is 2. The smallest absolute Gasteiger partial charge is 0.332 e. The lowest BCUT2D eigenvalue weighted by molar-refractivity contribution is -0.154. The summed E-state index contributed by atoms with van der Waals surface area (Å²) in [7, 11) is 0. The number of carbonyl (C=O) groups is 3. The van der Waals surface area contributed by atoms with E-state index in [1.54, 1.807) is 12.1 Å². The summed E-state index contributed by atoms with van der Waals surface area (Å²) < 4.78 is 10.9. The number of hydrogen-bond donors (Lipinski definition) is 2. The summed E-state index contributed by atoms with van der Waals surface area (Å²) in [5.74, 6) is -0.805. The Labute approximate surface area is 248 Å². The number of hydrogen-bond acceptors (Lipinski definition) is 6. The topological polar surface area (TPSA) is 108 Å². The van der Waals surface area contributed by atoms with E-state index in [4.69, 9.17) is 15.2 Å². The molecule has 3 N–H and O–H groups in total. The van der Waals surface area contributed by atoms with Gasteiger partial charge in [0.15, 0.2) is 0 Å². The molecule has 42 heavy (non-hydrogen) atoms. The minimum Gasteiger partial charge on any atom is -0.459 e. The molecule has 0 saturated heterocycles. The van der Waals surface area contributed by atoms with Gasteiger partial charge in [-0.25, -0.2) is 4.79 Å². The van der Waals surface area contributed by atoms with Crippen LogP contribution in [0.3, 0.4) is 0 Å². The van der Waals surface area contributed by atoms with E-state index in [-0.39, 0.29) is 24.5 Å². The number of carbonyl (C=O) groups excluding carboxylic acids is 3. The van der Waals surface area contributed by atoms with E-state index in [0.717, 1.165) is 56.1 Å². The number of amides is 1. The minimum absolute atomic E-state index is 0.223. The first-order valence-electron chi connectivity index (χ1n) is 15.0. The first-order chi connectivity index (χ1) is 20.4. The van der Waals surface area contributed by atoms with Gasteiger partial charge in [0.25, 0.3) is 5.91 Å². The highest BCUT2D eigenvalue weighted by atomic mass is 16.5. The Morgan fingerprint density at radius 1 is 0.595 bits per heavy atom. The number of nitrogens with two attached hydrogens (primary N) is 1. The monoisotopic (exact) mass is 570 g/mol. The van der Waals surface area contributed by atoms with Crippen LogP contribution < -0.4 is 11.1 Å². The van der Waals surface area contributed by atoms with Crippen LogP contribution in [0.5, 0.6) is 0 Å². The molecule has 222 valence electrons. The average Bonchev–Trinajstić information content (AvgIpc) is 3.05. The van der Waals surface area contributed by atoms with Gasteiger partial charge < -0.3 is 20.5 Å². The van der Waals surface area contributed by atoms with Crippen LogP contribution in [0.25, 0.3) is 0 Å². The van der Waals surface area contributed by atoms with E-state index in [2.05, 4.69) is 5.32 Å². The molecule has 5 rings (SSSR count). The van der Waals surface area contributed by atoms with Gasteiger partial charge in [-0.1, -0.05) is 117 Å². The third-order valence-corrected chi connectivity index (χ3v) is 8.06. The molecule has 1 amide bonds. The second kappa shape index (κ2) is 15.3. The zero-order chi connectivity index (χ0) is 29.7. The van der Waals surface area contributed by atoms with Crippen LogP contribution in [0.2, 0.25) is 0 Å². The van der Waals surface area contributed by atoms with Crippen molar-refractivity contribution in [3.8, 4) is 0 Å². The fraction of sp³-hybridized carbons (Fsp3) is 0.400. The summed E-state index contributed by atoms with van der Waals surface area (Å²) in [5.41, 5.74) is 6.93. The summed E-state index contributed by atoms with van der Waals surface area (Å²) in [5, 5.41) is 2.97. The molecule has 0 heterocycles. The van der Waals surface area contributed by atoms with Crippen molar-refractivity contribution in [3.05, 3.63) is 108 Å². The van der Waals surface area contributed by atoms with Crippen molar-refractivity contribution in [2.45, 2.75) is 88.5 Å². The lowest BCUT2D eigenvalue weighted by Gasteiger charge is -2.35. The Morgan fingerprint density at radius 2 is 1.02 bits per heavy atom. The lowest BCUT2D eigenvalue weighted by atomic mass is 9.81. The Morgan fingerprint density at radius 3 is 1.52 bits per heavy atom. The predicted octanol–water partition coefficient (Wildman–Crippen LogP) is 6.25. The maximum Gasteiger partial charge on any atom is 0.332 e. The molecule has 3 aromatic carbocycles. The first kappa shape index (κ1) is 31.0. The van der Waals surface area contributed by atoms with Crippen molar-refractivity contribution < 1.29 is 23.9 Å². The molecule has 2 saturated carbocycles. The van der Waals surface area contributed by atoms with Gasteiger partial charge in [-0.05, 0) is 48.9 Å². The molecule has 0 spiro atoms. The van der Waals surface area contributed by atoms with Gasteiger partial charge >= 0.3 is 11.9 Å². The van der Waals surface area contributed by atoms with E-state index in [1.165, 1.54) is 6.42 Å². The number of rotatable bonds is 8. The van der Waals surface area contributed by atoms with Gasteiger partial charge in [-0.2, -0.15) is 0 Å². The Hall–Kier alpha value is -3.97. The number of benzene rings is 3. The Balaban J connectivity index is 0.000000208. The average molecular weight is 571 g/mol. The van der Waals surface area contributed by atoms with Crippen molar-refractivity contribution in [2.75, 3.05) is 0 Å². The van der Waals surface area contributed by atoms with Crippen molar-refractivity contribution in [2.24, 2.45) is 5.73 Å². The Kier molecular flexibility index (Phi) is 11.3. The highest BCUT2D eigenvalue weighted by Gasteiger charge is 2.42. The van der Waals surface area contributed by atoms with Gasteiger partial charge in [0.2, 0.25) is 0 Å². The van der Waals surface area contributed by atoms with Crippen LogP contribution in [-0.4, -0.2) is 28.9 Å². The normalized spacial score (nSPS) is 17.1. The summed E-state index contributed by atoms with van der Waals surface area (Å²) >= 11 is 0. The van der Waals surface area contributed by atoms with E-state index in [0.29, 0.717) is 25.0 Å². The van der Waals surface area contributed by atoms with Crippen molar-refractivity contribution in [1.29, 1.82) is 0 Å². The molecule has 7 heteroatoms. The Bertz CT molecular complexity index is 1270. The van der Waals surface area contributed by atoms with Crippen LogP contribution in [0.1, 0.15) is 85.7 Å². The van der Waals surface area contributed by atoms with Gasteiger partial charge in [0.1, 0.15) is 24.3 Å². The fourth-order valence-electron chi connectivity index (χ4n) is 5.53. The summed E-state index contributed by atoms with van der Waals surface area (Å²) in [6.45, 7) is 0.543. The largest absolute Gasteiger partial charge is 0.459 e. The number of esters is 2. The maximum absolute atomic E-state index is 12.8. The second-order valence-electron chi connectivity index (χ2n) is 11.3. The predicted molar refractivity (Wildman–Crippen MR) is 162 cm³/mol. The molecule has 2 fully saturated rings. The third kappa shape index (κ3) is 8.76. The summed E-state index contributed by atoms with van der Waals surface area (Å²) in [4.78, 5) is 37.3. The van der Waals surface area contributed by atoms with Crippen LogP contribution >= 0.6 is 0 Å². The third-order valence-electron chi connectivity index (χ3n) is 8.06. The fourth-order valence-corrected chi connectivity index (χ4v) is 5.53. The molecule has 0 bridgehead atoms. The molecule has 0 radical (unpaired) electrons. The van der Waals surface area contributed by atoms with Crippen LogP contribution in [-0.2, 0) is 32.3 Å². The van der Waals surface area contributed by atoms with Gasteiger partial charge in [-0.15, -0.1) is 0 Å². The van der Waals surface area contributed by atoms with Crippen LogP contribution in [0.15, 0.2) is 91.0 Å². The molecule has 7 nitrogen and oxygen atoms in total. The standard InChI is InChI=1S/C21H23NO3.C14H19NO2/c23-19(18-12-6-2-7-13-18)22-21(14-8-3-9-15-21)20(24)25-16-17-10-4-1-5-11-17;15-14(9-5-2-6-10-14)13(16)17-11-12-7-3-1-4-8-12/h1-2,4-7,10-13H,3,8-9,14-16H2,(H,22,23);1,3-4,7-8H,2,5-6,9-11,15H2. The molecule has 0 aromatic heterocycles. The molecule has 0 unspecified atom stereocenters. The lowest BCUT2D eigenvalue weighted by Crippen LogP contribution is -2.56. The van der Waals surface area contributed by atoms with Gasteiger partial charge in [0.05, 0.1) is 0 Å². The molecule has 0 atom stereocenters. The maximum atomic E-state index is 12.8. The molecular formula is C35H42N2O5. The summed E-state index contributed by atoms with van der Waals surface area (Å²) in [6, 6.07) is 28.3. The molecule has 2 aliphatic carbocycles. The summed E-state index contributed by atoms with van der Waals surface area (Å²) in [6.07, 6.45) is 8.87. The van der Waals surface area contributed by atoms with E-state index >= 15 is 0 Å². The van der Waals surface area contributed by atoms with E-state index in [9.17, 15) is 14.4 Å². The van der Waals surface area contributed by atoms with Crippen molar-refractivity contribution in [3.63, 3.8) is 0 Å². The highest BCUT2D eigenvalue weighted by Crippen LogP contribution is 2.30. The minimum atomic E-state index is -0.917. The van der Waals surface area contributed by atoms with Crippen LogP contribution in [0, 0.1) is 0 Å². The molecule has 3 aromatic rings. The van der Waals surface area contributed by atoms with Crippen LogP contribution in [0.4, 0.5) is 0 Å². The zero-order valence-corrected chi connectivity index (χ0v) is 24.3.